The summed E-state index contributed by atoms with van der Waals surface area (Å²) in [7, 11) is 0. The van der Waals surface area contributed by atoms with Crippen LogP contribution < -0.4 is 10.6 Å². The van der Waals surface area contributed by atoms with E-state index in [2.05, 4.69) is 57.1 Å². The van der Waals surface area contributed by atoms with Crippen molar-refractivity contribution in [3.05, 3.63) is 0 Å². The van der Waals surface area contributed by atoms with E-state index in [9.17, 15) is 14.4 Å². The molecule has 2 N–H and O–H groups in total. The Morgan fingerprint density at radius 1 is 0.660 bits per heavy atom. The Hall–Kier alpha value is -1.28. The van der Waals surface area contributed by atoms with Crippen LogP contribution in [-0.4, -0.2) is 73.0 Å². The van der Waals surface area contributed by atoms with Crippen molar-refractivity contribution in [2.45, 2.75) is 176 Å². The summed E-state index contributed by atoms with van der Waals surface area (Å²) in [5.41, 5.74) is 0. The number of hydrogen-bond donors (Lipinski definition) is 2. The number of rotatable bonds is 34. The van der Waals surface area contributed by atoms with Crippen molar-refractivity contribution < 1.29 is 19.1 Å². The molecule has 0 fully saturated rings. The first kappa shape index (κ1) is 45.7. The van der Waals surface area contributed by atoms with Crippen molar-refractivity contribution in [2.24, 2.45) is 11.8 Å². The minimum Gasteiger partial charge on any atom is -0.466 e. The van der Waals surface area contributed by atoms with E-state index in [-0.39, 0.29) is 23.7 Å². The van der Waals surface area contributed by atoms with E-state index in [1.54, 1.807) is 11.8 Å². The first-order valence-corrected chi connectivity index (χ1v) is 21.0. The van der Waals surface area contributed by atoms with Gasteiger partial charge in [-0.05, 0) is 50.4 Å². The zero-order chi connectivity index (χ0) is 35.0. The van der Waals surface area contributed by atoms with Gasteiger partial charge in [0.2, 0.25) is 11.8 Å². The van der Waals surface area contributed by atoms with Crippen LogP contribution in [0.4, 0.5) is 0 Å². The van der Waals surface area contributed by atoms with Gasteiger partial charge in [0.1, 0.15) is 6.04 Å². The van der Waals surface area contributed by atoms with Crippen LogP contribution in [0.25, 0.3) is 0 Å². The summed E-state index contributed by atoms with van der Waals surface area (Å²) in [5.74, 6) is 1.90. The molecule has 2 atom stereocenters. The normalized spacial score (nSPS) is 12.8. The highest BCUT2D eigenvalue weighted by molar-refractivity contribution is 7.99. The third-order valence-corrected chi connectivity index (χ3v) is 10.1. The highest BCUT2D eigenvalue weighted by Gasteiger charge is 2.25. The lowest BCUT2D eigenvalue weighted by Crippen LogP contribution is -2.50. The van der Waals surface area contributed by atoms with Crippen LogP contribution in [0.2, 0.25) is 0 Å². The maximum Gasteiger partial charge on any atom is 0.306 e. The third-order valence-electron chi connectivity index (χ3n) is 9.13. The minimum atomic E-state index is -0.554. The van der Waals surface area contributed by atoms with Gasteiger partial charge in [-0.1, -0.05) is 138 Å². The Bertz CT molecular complexity index is 748. The van der Waals surface area contributed by atoms with Crippen LogP contribution in [0.1, 0.15) is 170 Å². The molecule has 0 aliphatic carbocycles. The number of unbranched alkanes of at least 4 members (excludes halogenated alkanes) is 12. The number of nitrogens with zero attached hydrogens (tertiary/aromatic N) is 1. The van der Waals surface area contributed by atoms with Gasteiger partial charge < -0.3 is 20.3 Å². The Balaban J connectivity index is 4.85. The first-order valence-electron chi connectivity index (χ1n) is 19.8. The number of thioether (sulfide) groups is 1. The summed E-state index contributed by atoms with van der Waals surface area (Å²) in [6.07, 6.45) is 21.7. The molecule has 0 aromatic carbocycles. The molecule has 2 unspecified atom stereocenters. The molecule has 0 spiro atoms. The van der Waals surface area contributed by atoms with E-state index >= 15 is 0 Å². The first-order chi connectivity index (χ1) is 22.8. The number of nitrogens with one attached hydrogen (secondary N) is 2. The largest absolute Gasteiger partial charge is 0.466 e. The fraction of sp³-hybridized carbons (Fsp3) is 0.923. The van der Waals surface area contributed by atoms with Gasteiger partial charge in [-0.25, -0.2) is 0 Å². The van der Waals surface area contributed by atoms with Gasteiger partial charge in [-0.2, -0.15) is 11.8 Å². The van der Waals surface area contributed by atoms with Gasteiger partial charge in [0.05, 0.1) is 13.0 Å². The number of esters is 1. The number of carbonyl (C=O) groups is 3. The Morgan fingerprint density at radius 2 is 1.21 bits per heavy atom. The van der Waals surface area contributed by atoms with E-state index in [1.807, 2.05) is 0 Å². The molecule has 47 heavy (non-hydrogen) atoms. The summed E-state index contributed by atoms with van der Waals surface area (Å²) in [6.45, 7) is 17.0. The molecule has 0 aliphatic heterocycles. The van der Waals surface area contributed by atoms with E-state index < -0.39 is 6.04 Å². The summed E-state index contributed by atoms with van der Waals surface area (Å²) in [5, 5.41) is 6.26. The highest BCUT2D eigenvalue weighted by Crippen LogP contribution is 2.20. The smallest absolute Gasteiger partial charge is 0.306 e. The van der Waals surface area contributed by atoms with Crippen LogP contribution in [0.3, 0.4) is 0 Å². The standard InChI is InChI=1S/C39H77N3O4S/c1-7-11-13-15-18-22-26-35(25-21-14-12-8-2)38(44)41-36(39(45)40-29-30-42(9-3)10-4)27-32-47-33-28-37(43)46-31-23-19-16-17-20-24-34(5)6/h34-36H,7-33H2,1-6H3,(H,40,45)(H,41,44). The molecule has 0 radical (unpaired) electrons. The molecule has 0 aromatic heterocycles. The predicted octanol–water partition coefficient (Wildman–Crippen LogP) is 9.32. The van der Waals surface area contributed by atoms with Crippen molar-refractivity contribution in [1.82, 2.24) is 15.5 Å². The fourth-order valence-electron chi connectivity index (χ4n) is 5.86. The average Bonchev–Trinajstić information content (AvgIpc) is 3.05. The lowest BCUT2D eigenvalue weighted by atomic mass is 9.93. The molecule has 8 heteroatoms. The number of likely N-dealkylation sites (N-methyl/N-ethyl adjacent to an activating group) is 1. The quantitative estimate of drug-likeness (QED) is 0.0519. The predicted molar refractivity (Wildman–Crippen MR) is 203 cm³/mol. The van der Waals surface area contributed by atoms with Crippen molar-refractivity contribution in [1.29, 1.82) is 0 Å². The molecule has 7 nitrogen and oxygen atoms in total. The van der Waals surface area contributed by atoms with Gasteiger partial charge in [0.25, 0.3) is 0 Å². The molecule has 0 saturated heterocycles. The van der Waals surface area contributed by atoms with Crippen LogP contribution >= 0.6 is 11.8 Å². The third kappa shape index (κ3) is 28.3. The van der Waals surface area contributed by atoms with Crippen LogP contribution in [-0.2, 0) is 19.1 Å². The van der Waals surface area contributed by atoms with Gasteiger partial charge in [0, 0.05) is 24.8 Å². The SMILES string of the molecule is CCCCCCCCC(CCCCCC)C(=O)NC(CCSCCC(=O)OCCCCCCCC(C)C)C(=O)NCCN(CC)CC. The van der Waals surface area contributed by atoms with Gasteiger partial charge >= 0.3 is 5.97 Å². The van der Waals surface area contributed by atoms with Crippen LogP contribution in [0.15, 0.2) is 0 Å². The van der Waals surface area contributed by atoms with Crippen molar-refractivity contribution in [2.75, 3.05) is 44.3 Å². The lowest BCUT2D eigenvalue weighted by Gasteiger charge is -2.24. The maximum absolute atomic E-state index is 13.6. The molecule has 0 rings (SSSR count). The average molecular weight is 684 g/mol. The van der Waals surface area contributed by atoms with Gasteiger partial charge in [-0.3, -0.25) is 14.4 Å². The molecular formula is C39H77N3O4S. The van der Waals surface area contributed by atoms with Crippen molar-refractivity contribution >= 4 is 29.5 Å². The second-order valence-electron chi connectivity index (χ2n) is 13.8. The van der Waals surface area contributed by atoms with Crippen LogP contribution in [0.5, 0.6) is 0 Å². The van der Waals surface area contributed by atoms with Crippen LogP contribution in [0, 0.1) is 11.8 Å². The Labute approximate surface area is 295 Å². The minimum absolute atomic E-state index is 0.0347. The molecule has 0 bridgehead atoms. The topological polar surface area (TPSA) is 87.7 Å². The fourth-order valence-corrected chi connectivity index (χ4v) is 6.77. The Morgan fingerprint density at radius 3 is 1.81 bits per heavy atom. The summed E-state index contributed by atoms with van der Waals surface area (Å²) in [4.78, 5) is 41.4. The zero-order valence-electron chi connectivity index (χ0n) is 31.8. The molecule has 0 heterocycles. The number of ether oxygens (including phenoxy) is 1. The monoisotopic (exact) mass is 684 g/mol. The Kier molecular flexibility index (Phi) is 32.3. The second kappa shape index (κ2) is 33.2. The molecule has 278 valence electrons. The zero-order valence-corrected chi connectivity index (χ0v) is 32.6. The number of amides is 2. The second-order valence-corrected chi connectivity index (χ2v) is 15.0. The molecule has 0 aliphatic rings. The summed E-state index contributed by atoms with van der Waals surface area (Å²) in [6, 6.07) is -0.554. The lowest BCUT2D eigenvalue weighted by molar-refractivity contribution is -0.143. The summed E-state index contributed by atoms with van der Waals surface area (Å²) >= 11 is 1.66. The van der Waals surface area contributed by atoms with Gasteiger partial charge in [0.15, 0.2) is 0 Å². The van der Waals surface area contributed by atoms with Crippen molar-refractivity contribution in [3.8, 4) is 0 Å². The van der Waals surface area contributed by atoms with E-state index in [0.717, 1.165) is 70.5 Å². The molecule has 0 saturated carbocycles. The number of carbonyl (C=O) groups excluding carboxylic acids is 3. The molecule has 2 amide bonds. The van der Waals surface area contributed by atoms with Crippen molar-refractivity contribution in [3.63, 3.8) is 0 Å². The summed E-state index contributed by atoms with van der Waals surface area (Å²) < 4.78 is 5.44. The molecule has 0 aromatic rings. The van der Waals surface area contributed by atoms with E-state index in [0.29, 0.717) is 37.5 Å². The number of hydrogen-bond acceptors (Lipinski definition) is 6. The maximum atomic E-state index is 13.6. The van der Waals surface area contributed by atoms with E-state index in [4.69, 9.17) is 4.74 Å². The molecular weight excluding hydrogens is 607 g/mol. The van der Waals surface area contributed by atoms with E-state index in [1.165, 1.54) is 70.6 Å². The van der Waals surface area contributed by atoms with Gasteiger partial charge in [-0.15, -0.1) is 0 Å². The highest BCUT2D eigenvalue weighted by atomic mass is 32.2.